The first kappa shape index (κ1) is 19.4. The number of rotatable bonds is 12. The number of carbonyl (C=O) groups excluding carboxylic acids is 1. The maximum absolute atomic E-state index is 10.9. The van der Waals surface area contributed by atoms with Gasteiger partial charge in [0.2, 0.25) is 0 Å². The van der Waals surface area contributed by atoms with Gasteiger partial charge in [-0.3, -0.25) is 4.79 Å². The zero-order valence-electron chi connectivity index (χ0n) is 13.6. The molecule has 0 rings (SSSR count). The third kappa shape index (κ3) is 16.4. The quantitative estimate of drug-likeness (QED) is 0.268. The van der Waals surface area contributed by atoms with Crippen LogP contribution in [0, 0.1) is 0 Å². The van der Waals surface area contributed by atoms with E-state index in [2.05, 4.69) is 60.3 Å². The predicted molar refractivity (Wildman–Crippen MR) is 91.2 cm³/mol. The molecule has 0 aliphatic rings. The van der Waals surface area contributed by atoms with Gasteiger partial charge in [-0.1, -0.05) is 55.5 Å². The summed E-state index contributed by atoms with van der Waals surface area (Å²) in [5.41, 5.74) is 0. The number of hydrogen-bond acceptors (Lipinski definition) is 2. The average Bonchev–Trinajstić information content (AvgIpc) is 2.50. The Morgan fingerprint density at radius 2 is 1.33 bits per heavy atom. The number of allylic oxidation sites excluding steroid dienone is 8. The lowest BCUT2D eigenvalue weighted by atomic mass is 10.2. The highest BCUT2D eigenvalue weighted by molar-refractivity contribution is 5.68. The Balaban J connectivity index is 3.39. The molecule has 21 heavy (non-hydrogen) atoms. The summed E-state index contributed by atoms with van der Waals surface area (Å²) in [6.45, 7) is 2.15. The van der Waals surface area contributed by atoms with Crippen molar-refractivity contribution in [2.45, 2.75) is 58.3 Å². The fourth-order valence-corrected chi connectivity index (χ4v) is 1.72. The van der Waals surface area contributed by atoms with Crippen LogP contribution in [0.25, 0.3) is 0 Å². The molecule has 118 valence electrons. The molecule has 0 atom stereocenters. The van der Waals surface area contributed by atoms with E-state index in [1.165, 1.54) is 7.11 Å². The molecule has 0 aliphatic heterocycles. The van der Waals surface area contributed by atoms with Crippen molar-refractivity contribution >= 4 is 5.97 Å². The summed E-state index contributed by atoms with van der Waals surface area (Å²) in [7, 11) is 1.43. The molecule has 0 unspecified atom stereocenters. The summed E-state index contributed by atoms with van der Waals surface area (Å²) in [6.07, 6.45) is 25.2. The van der Waals surface area contributed by atoms with Crippen LogP contribution >= 0.6 is 0 Å². The third-order valence-electron chi connectivity index (χ3n) is 2.93. The van der Waals surface area contributed by atoms with Gasteiger partial charge in [-0.25, -0.2) is 0 Å². The van der Waals surface area contributed by atoms with Crippen molar-refractivity contribution in [3.05, 3.63) is 48.6 Å². The second kappa shape index (κ2) is 16.5. The predicted octanol–water partition coefficient (Wildman–Crippen LogP) is 5.52. The molecule has 0 saturated carbocycles. The molecule has 2 heteroatoms. The standard InChI is InChI=1S/C19H30O2/c1-3-4-5-6-7-8-9-10-11-12-13-14-15-16-17-18-19(20)21-2/h4-5,7-8,11-12,14-15H,3,6,9-10,13,16-18H2,1-2H3/b5-4-,8-7-,12-11-,15-14-. The summed E-state index contributed by atoms with van der Waals surface area (Å²) in [6, 6.07) is 0. The molecule has 0 aromatic carbocycles. The van der Waals surface area contributed by atoms with Crippen molar-refractivity contribution in [1.29, 1.82) is 0 Å². The Morgan fingerprint density at radius 3 is 1.86 bits per heavy atom. The third-order valence-corrected chi connectivity index (χ3v) is 2.93. The molecule has 0 heterocycles. The molecular formula is C19H30O2. The summed E-state index contributed by atoms with van der Waals surface area (Å²) in [5.74, 6) is -0.124. The first-order valence-electron chi connectivity index (χ1n) is 7.98. The molecule has 0 aliphatic carbocycles. The van der Waals surface area contributed by atoms with Gasteiger partial charge in [0.15, 0.2) is 0 Å². The van der Waals surface area contributed by atoms with E-state index in [0.29, 0.717) is 6.42 Å². The van der Waals surface area contributed by atoms with E-state index in [1.807, 2.05) is 0 Å². The molecule has 0 aromatic rings. The van der Waals surface area contributed by atoms with E-state index < -0.39 is 0 Å². The van der Waals surface area contributed by atoms with Crippen LogP contribution in [0.5, 0.6) is 0 Å². The van der Waals surface area contributed by atoms with E-state index in [1.54, 1.807) is 0 Å². The molecule has 0 N–H and O–H groups in total. The van der Waals surface area contributed by atoms with Crippen molar-refractivity contribution in [3.8, 4) is 0 Å². The lowest BCUT2D eigenvalue weighted by Gasteiger charge is -1.95. The maximum Gasteiger partial charge on any atom is 0.305 e. The second-order valence-electron chi connectivity index (χ2n) is 4.81. The lowest BCUT2D eigenvalue weighted by molar-refractivity contribution is -0.140. The Kier molecular flexibility index (Phi) is 15.3. The summed E-state index contributed by atoms with van der Waals surface area (Å²) < 4.78 is 4.59. The van der Waals surface area contributed by atoms with Crippen LogP contribution in [0.4, 0.5) is 0 Å². The zero-order chi connectivity index (χ0) is 15.6. The minimum atomic E-state index is -0.124. The Hall–Kier alpha value is -1.57. The van der Waals surface area contributed by atoms with Crippen molar-refractivity contribution in [3.63, 3.8) is 0 Å². The molecule has 0 fully saturated rings. The number of ether oxygens (including phenoxy) is 1. The van der Waals surface area contributed by atoms with Gasteiger partial charge in [0, 0.05) is 6.42 Å². The average molecular weight is 290 g/mol. The summed E-state index contributed by atoms with van der Waals surface area (Å²) >= 11 is 0. The van der Waals surface area contributed by atoms with Gasteiger partial charge in [0.25, 0.3) is 0 Å². The molecule has 2 nitrogen and oxygen atoms in total. The highest BCUT2D eigenvalue weighted by Gasteiger charge is 1.96. The van der Waals surface area contributed by atoms with Gasteiger partial charge in [0.05, 0.1) is 7.11 Å². The highest BCUT2D eigenvalue weighted by Crippen LogP contribution is 2.00. The van der Waals surface area contributed by atoms with Crippen LogP contribution in [0.15, 0.2) is 48.6 Å². The highest BCUT2D eigenvalue weighted by atomic mass is 16.5. The van der Waals surface area contributed by atoms with Crippen LogP contribution in [0.2, 0.25) is 0 Å². The van der Waals surface area contributed by atoms with Crippen LogP contribution in [-0.2, 0) is 9.53 Å². The van der Waals surface area contributed by atoms with E-state index in [4.69, 9.17) is 0 Å². The molecular weight excluding hydrogens is 260 g/mol. The van der Waals surface area contributed by atoms with Crippen LogP contribution in [0.1, 0.15) is 58.3 Å². The molecule has 0 radical (unpaired) electrons. The zero-order valence-corrected chi connectivity index (χ0v) is 13.6. The number of methoxy groups -OCH3 is 1. The first-order chi connectivity index (χ1) is 10.3. The molecule has 0 saturated heterocycles. The topological polar surface area (TPSA) is 26.3 Å². The SMILES string of the molecule is CC/C=C\C/C=C\CC/C=C\C/C=C\CCCC(=O)OC. The number of hydrogen-bond donors (Lipinski definition) is 0. The van der Waals surface area contributed by atoms with Gasteiger partial charge in [-0.2, -0.15) is 0 Å². The Bertz CT molecular complexity index is 349. The van der Waals surface area contributed by atoms with Gasteiger partial charge in [-0.15, -0.1) is 0 Å². The molecule has 0 bridgehead atoms. The summed E-state index contributed by atoms with van der Waals surface area (Å²) in [4.78, 5) is 10.9. The smallest absolute Gasteiger partial charge is 0.305 e. The minimum Gasteiger partial charge on any atom is -0.469 e. The Labute approximate surface area is 130 Å². The largest absolute Gasteiger partial charge is 0.469 e. The Morgan fingerprint density at radius 1 is 0.810 bits per heavy atom. The number of carbonyl (C=O) groups is 1. The van der Waals surface area contributed by atoms with E-state index in [-0.39, 0.29) is 5.97 Å². The lowest BCUT2D eigenvalue weighted by Crippen LogP contribution is -1.98. The van der Waals surface area contributed by atoms with E-state index in [9.17, 15) is 4.79 Å². The second-order valence-corrected chi connectivity index (χ2v) is 4.81. The molecule has 0 spiro atoms. The van der Waals surface area contributed by atoms with Crippen LogP contribution in [0.3, 0.4) is 0 Å². The van der Waals surface area contributed by atoms with Crippen molar-refractivity contribution in [2.24, 2.45) is 0 Å². The fraction of sp³-hybridized carbons (Fsp3) is 0.526. The number of unbranched alkanes of at least 4 members (excludes halogenated alkanes) is 2. The normalized spacial score (nSPS) is 12.3. The first-order valence-corrected chi connectivity index (χ1v) is 7.98. The minimum absolute atomic E-state index is 0.124. The van der Waals surface area contributed by atoms with Crippen molar-refractivity contribution < 1.29 is 9.53 Å². The van der Waals surface area contributed by atoms with Gasteiger partial charge >= 0.3 is 5.97 Å². The van der Waals surface area contributed by atoms with Crippen molar-refractivity contribution in [1.82, 2.24) is 0 Å². The van der Waals surface area contributed by atoms with Gasteiger partial charge in [-0.05, 0) is 44.9 Å². The van der Waals surface area contributed by atoms with Crippen molar-refractivity contribution in [2.75, 3.05) is 7.11 Å². The van der Waals surface area contributed by atoms with E-state index >= 15 is 0 Å². The monoisotopic (exact) mass is 290 g/mol. The fourth-order valence-electron chi connectivity index (χ4n) is 1.72. The van der Waals surface area contributed by atoms with E-state index in [0.717, 1.165) is 44.9 Å². The van der Waals surface area contributed by atoms with Gasteiger partial charge in [0.1, 0.15) is 0 Å². The maximum atomic E-state index is 10.9. The van der Waals surface area contributed by atoms with Crippen LogP contribution in [-0.4, -0.2) is 13.1 Å². The molecule has 0 aromatic heterocycles. The van der Waals surface area contributed by atoms with Crippen LogP contribution < -0.4 is 0 Å². The summed E-state index contributed by atoms with van der Waals surface area (Å²) in [5, 5.41) is 0. The molecule has 0 amide bonds. The van der Waals surface area contributed by atoms with Gasteiger partial charge < -0.3 is 4.74 Å². The number of esters is 1.